The highest BCUT2D eigenvalue weighted by molar-refractivity contribution is 7.12. The summed E-state index contributed by atoms with van der Waals surface area (Å²) in [4.78, 5) is 26.9. The number of hydrogen-bond donors (Lipinski definition) is 2. The standard InChI is InChI=1S/C22H23N3O2S/c1-3-16-9-11-17(12-10-16)15-25(2)22(27)24-19-7-4-6-18(14-19)23-21(26)20-8-5-13-28-20/h4-14H,3,15H2,1-2H3,(H,23,26)(H,24,27). The van der Waals surface area contributed by atoms with E-state index in [1.807, 2.05) is 23.6 Å². The number of carbonyl (C=O) groups is 2. The van der Waals surface area contributed by atoms with Crippen molar-refractivity contribution in [1.82, 2.24) is 4.90 Å². The molecule has 3 rings (SSSR count). The van der Waals surface area contributed by atoms with Gasteiger partial charge in [0.05, 0.1) is 4.88 Å². The third kappa shape index (κ3) is 5.20. The van der Waals surface area contributed by atoms with Crippen LogP contribution in [-0.2, 0) is 13.0 Å². The minimum absolute atomic E-state index is 0.161. The second kappa shape index (κ2) is 9.19. The SMILES string of the molecule is CCc1ccc(CN(C)C(=O)Nc2cccc(NC(=O)c3cccs3)c2)cc1. The van der Waals surface area contributed by atoms with Gasteiger partial charge in [0.15, 0.2) is 0 Å². The predicted molar refractivity (Wildman–Crippen MR) is 115 cm³/mol. The lowest BCUT2D eigenvalue weighted by molar-refractivity contribution is 0.103. The molecular formula is C22H23N3O2S. The fraction of sp³-hybridized carbons (Fsp3) is 0.182. The number of hydrogen-bond acceptors (Lipinski definition) is 3. The number of nitrogens with one attached hydrogen (secondary N) is 2. The molecule has 5 nitrogen and oxygen atoms in total. The van der Waals surface area contributed by atoms with Gasteiger partial charge in [-0.2, -0.15) is 0 Å². The normalized spacial score (nSPS) is 10.4. The maximum absolute atomic E-state index is 12.5. The summed E-state index contributed by atoms with van der Waals surface area (Å²) in [5.74, 6) is -0.161. The first-order chi connectivity index (χ1) is 13.5. The van der Waals surface area contributed by atoms with E-state index >= 15 is 0 Å². The quantitative estimate of drug-likeness (QED) is 0.603. The van der Waals surface area contributed by atoms with Gasteiger partial charge in [0.1, 0.15) is 0 Å². The van der Waals surface area contributed by atoms with Crippen molar-refractivity contribution in [3.05, 3.63) is 82.0 Å². The van der Waals surface area contributed by atoms with Gasteiger partial charge in [-0.3, -0.25) is 4.79 Å². The van der Waals surface area contributed by atoms with Gasteiger partial charge in [0, 0.05) is 25.0 Å². The first-order valence-electron chi connectivity index (χ1n) is 9.10. The van der Waals surface area contributed by atoms with E-state index in [1.165, 1.54) is 16.9 Å². The van der Waals surface area contributed by atoms with Crippen LogP contribution in [0.1, 0.15) is 27.7 Å². The van der Waals surface area contributed by atoms with Gasteiger partial charge in [0.25, 0.3) is 5.91 Å². The zero-order valence-corrected chi connectivity index (χ0v) is 16.8. The molecule has 0 saturated carbocycles. The van der Waals surface area contributed by atoms with Crippen molar-refractivity contribution in [3.8, 4) is 0 Å². The van der Waals surface area contributed by atoms with Crippen LogP contribution in [0.5, 0.6) is 0 Å². The van der Waals surface area contributed by atoms with Crippen molar-refractivity contribution in [3.63, 3.8) is 0 Å². The summed E-state index contributed by atoms with van der Waals surface area (Å²) in [6.45, 7) is 2.64. The summed E-state index contributed by atoms with van der Waals surface area (Å²) in [6.07, 6.45) is 0.996. The zero-order chi connectivity index (χ0) is 19.9. The number of thiophene rings is 1. The summed E-state index contributed by atoms with van der Waals surface area (Å²) >= 11 is 1.38. The zero-order valence-electron chi connectivity index (χ0n) is 15.9. The molecule has 0 aliphatic rings. The minimum Gasteiger partial charge on any atom is -0.323 e. The monoisotopic (exact) mass is 393 g/mol. The first kappa shape index (κ1) is 19.6. The highest BCUT2D eigenvalue weighted by Crippen LogP contribution is 2.18. The van der Waals surface area contributed by atoms with Crippen LogP contribution < -0.4 is 10.6 Å². The molecule has 1 heterocycles. The molecule has 1 aromatic heterocycles. The van der Waals surface area contributed by atoms with Gasteiger partial charge in [-0.15, -0.1) is 11.3 Å². The van der Waals surface area contributed by atoms with Gasteiger partial charge in [-0.05, 0) is 47.2 Å². The molecule has 0 spiro atoms. The average Bonchev–Trinajstić information content (AvgIpc) is 3.24. The third-order valence-corrected chi connectivity index (χ3v) is 5.18. The van der Waals surface area contributed by atoms with E-state index in [0.29, 0.717) is 22.8 Å². The van der Waals surface area contributed by atoms with Gasteiger partial charge in [-0.1, -0.05) is 43.3 Å². The van der Waals surface area contributed by atoms with Crippen LogP contribution in [-0.4, -0.2) is 23.9 Å². The Morgan fingerprint density at radius 3 is 2.25 bits per heavy atom. The maximum atomic E-state index is 12.5. The number of nitrogens with zero attached hydrogens (tertiary/aromatic N) is 1. The summed E-state index contributed by atoms with van der Waals surface area (Å²) in [7, 11) is 1.76. The molecule has 6 heteroatoms. The van der Waals surface area contributed by atoms with Crippen molar-refractivity contribution in [2.45, 2.75) is 19.9 Å². The molecule has 3 aromatic rings. The molecule has 0 radical (unpaired) electrons. The number of amides is 3. The molecule has 3 amide bonds. The Balaban J connectivity index is 1.59. The van der Waals surface area contributed by atoms with Crippen LogP contribution in [0, 0.1) is 0 Å². The summed E-state index contributed by atoms with van der Waals surface area (Å²) in [5, 5.41) is 7.57. The van der Waals surface area contributed by atoms with Crippen LogP contribution in [0.4, 0.5) is 16.2 Å². The molecule has 0 aliphatic carbocycles. The number of aryl methyl sites for hydroxylation is 1. The average molecular weight is 394 g/mol. The number of urea groups is 1. The van der Waals surface area contributed by atoms with E-state index in [9.17, 15) is 9.59 Å². The van der Waals surface area contributed by atoms with E-state index < -0.39 is 0 Å². The molecule has 0 unspecified atom stereocenters. The largest absolute Gasteiger partial charge is 0.323 e. The lowest BCUT2D eigenvalue weighted by atomic mass is 10.1. The Morgan fingerprint density at radius 1 is 0.929 bits per heavy atom. The number of carbonyl (C=O) groups excluding carboxylic acids is 2. The highest BCUT2D eigenvalue weighted by atomic mass is 32.1. The number of benzene rings is 2. The molecule has 2 N–H and O–H groups in total. The van der Waals surface area contributed by atoms with Crippen LogP contribution >= 0.6 is 11.3 Å². The summed E-state index contributed by atoms with van der Waals surface area (Å²) in [5.41, 5.74) is 3.61. The molecule has 2 aromatic carbocycles. The van der Waals surface area contributed by atoms with Crippen LogP contribution in [0.2, 0.25) is 0 Å². The Hall–Kier alpha value is -3.12. The fourth-order valence-corrected chi connectivity index (χ4v) is 3.34. The smallest absolute Gasteiger partial charge is 0.321 e. The van der Waals surface area contributed by atoms with Gasteiger partial charge < -0.3 is 15.5 Å². The van der Waals surface area contributed by atoms with E-state index in [0.717, 1.165) is 12.0 Å². The topological polar surface area (TPSA) is 61.4 Å². The van der Waals surface area contributed by atoms with Crippen molar-refractivity contribution in [1.29, 1.82) is 0 Å². The Kier molecular flexibility index (Phi) is 6.45. The van der Waals surface area contributed by atoms with Gasteiger partial charge in [-0.25, -0.2) is 4.79 Å². The highest BCUT2D eigenvalue weighted by Gasteiger charge is 2.11. The Morgan fingerprint density at radius 2 is 1.61 bits per heavy atom. The third-order valence-electron chi connectivity index (χ3n) is 4.31. The molecular weight excluding hydrogens is 370 g/mol. The second-order valence-electron chi connectivity index (χ2n) is 6.47. The number of rotatable bonds is 6. The Labute approximate surface area is 169 Å². The molecule has 28 heavy (non-hydrogen) atoms. The van der Waals surface area contributed by atoms with Crippen molar-refractivity contribution in [2.24, 2.45) is 0 Å². The van der Waals surface area contributed by atoms with Crippen LogP contribution in [0.3, 0.4) is 0 Å². The van der Waals surface area contributed by atoms with Gasteiger partial charge >= 0.3 is 6.03 Å². The van der Waals surface area contributed by atoms with E-state index in [-0.39, 0.29) is 11.9 Å². The lowest BCUT2D eigenvalue weighted by Crippen LogP contribution is -2.30. The summed E-state index contributed by atoms with van der Waals surface area (Å²) < 4.78 is 0. The van der Waals surface area contributed by atoms with E-state index in [2.05, 4.69) is 29.7 Å². The lowest BCUT2D eigenvalue weighted by Gasteiger charge is -2.18. The molecule has 0 bridgehead atoms. The molecule has 0 saturated heterocycles. The van der Waals surface area contributed by atoms with Gasteiger partial charge in [0.2, 0.25) is 0 Å². The first-order valence-corrected chi connectivity index (χ1v) is 9.98. The summed E-state index contributed by atoms with van der Waals surface area (Å²) in [6, 6.07) is 18.8. The number of anilines is 2. The van der Waals surface area contributed by atoms with Crippen LogP contribution in [0.15, 0.2) is 66.0 Å². The van der Waals surface area contributed by atoms with Crippen molar-refractivity contribution in [2.75, 3.05) is 17.7 Å². The molecule has 144 valence electrons. The maximum Gasteiger partial charge on any atom is 0.321 e. The molecule has 0 atom stereocenters. The predicted octanol–water partition coefficient (Wildman–Crippen LogP) is 5.23. The fourth-order valence-electron chi connectivity index (χ4n) is 2.72. The minimum atomic E-state index is -0.207. The van der Waals surface area contributed by atoms with Crippen LogP contribution in [0.25, 0.3) is 0 Å². The Bertz CT molecular complexity index is 937. The van der Waals surface area contributed by atoms with Crippen molar-refractivity contribution >= 4 is 34.6 Å². The second-order valence-corrected chi connectivity index (χ2v) is 7.42. The van der Waals surface area contributed by atoms with E-state index in [4.69, 9.17) is 0 Å². The van der Waals surface area contributed by atoms with E-state index in [1.54, 1.807) is 42.3 Å². The van der Waals surface area contributed by atoms with Crippen molar-refractivity contribution < 1.29 is 9.59 Å². The molecule has 0 aliphatic heterocycles. The molecule has 0 fully saturated rings.